The van der Waals surface area contributed by atoms with E-state index >= 15 is 0 Å². The van der Waals surface area contributed by atoms with Gasteiger partial charge in [0, 0.05) is 13.1 Å². The van der Waals surface area contributed by atoms with Crippen molar-refractivity contribution in [3.05, 3.63) is 11.8 Å². The molecule has 142 valence electrons. The summed E-state index contributed by atoms with van der Waals surface area (Å²) >= 11 is 0. The van der Waals surface area contributed by atoms with Gasteiger partial charge in [-0.2, -0.15) is 5.10 Å². The van der Waals surface area contributed by atoms with E-state index in [1.807, 2.05) is 0 Å². The molecule has 10 nitrogen and oxygen atoms in total. The second-order valence-electron chi connectivity index (χ2n) is 6.01. The summed E-state index contributed by atoms with van der Waals surface area (Å²) < 4.78 is 36.6. The topological polar surface area (TPSA) is 139 Å². The van der Waals surface area contributed by atoms with Crippen LogP contribution in [0.3, 0.4) is 0 Å². The van der Waals surface area contributed by atoms with E-state index in [9.17, 15) is 18.0 Å². The van der Waals surface area contributed by atoms with Gasteiger partial charge in [0.1, 0.15) is 11.2 Å². The van der Waals surface area contributed by atoms with Gasteiger partial charge in [0.2, 0.25) is 0 Å². The van der Waals surface area contributed by atoms with Crippen molar-refractivity contribution in [2.24, 2.45) is 0 Å². The normalized spacial score (nSPS) is 11.8. The number of aromatic amines is 1. The van der Waals surface area contributed by atoms with Gasteiger partial charge in [-0.3, -0.25) is 5.10 Å². The van der Waals surface area contributed by atoms with Gasteiger partial charge in [-0.1, -0.05) is 0 Å². The fourth-order valence-electron chi connectivity index (χ4n) is 1.71. The van der Waals surface area contributed by atoms with E-state index in [0.717, 1.165) is 6.20 Å². The lowest BCUT2D eigenvalue weighted by molar-refractivity contribution is 0.0513. The Kier molecular flexibility index (Phi) is 7.37. The minimum atomic E-state index is -3.95. The summed E-state index contributed by atoms with van der Waals surface area (Å²) in [6.45, 7) is 7.24. The minimum absolute atomic E-state index is 0.0550. The largest absolute Gasteiger partial charge is 0.462 e. The van der Waals surface area contributed by atoms with E-state index in [-0.39, 0.29) is 30.3 Å². The monoisotopic (exact) mass is 376 g/mol. The second-order valence-corrected chi connectivity index (χ2v) is 7.72. The van der Waals surface area contributed by atoms with Crippen molar-refractivity contribution in [2.75, 3.05) is 19.7 Å². The molecule has 3 N–H and O–H groups in total. The van der Waals surface area contributed by atoms with Crippen LogP contribution in [-0.2, 0) is 19.5 Å². The number of ether oxygens (including phenoxy) is 2. The first kappa shape index (κ1) is 20.9. The number of carbonyl (C=O) groups excluding carboxylic acids is 2. The summed E-state index contributed by atoms with van der Waals surface area (Å²) in [5.41, 5.74) is -0.767. The average molecular weight is 376 g/mol. The van der Waals surface area contributed by atoms with Crippen LogP contribution in [0, 0.1) is 0 Å². The van der Waals surface area contributed by atoms with Crippen molar-refractivity contribution in [1.82, 2.24) is 20.2 Å². The molecule has 1 aromatic rings. The van der Waals surface area contributed by atoms with Gasteiger partial charge < -0.3 is 14.8 Å². The number of esters is 1. The number of carbonyl (C=O) groups is 2. The number of H-pyrrole nitrogens is 1. The Morgan fingerprint density at radius 1 is 1.28 bits per heavy atom. The molecule has 11 heteroatoms. The van der Waals surface area contributed by atoms with E-state index in [2.05, 4.69) is 20.2 Å². The Hall–Kier alpha value is -2.14. The van der Waals surface area contributed by atoms with Gasteiger partial charge in [-0.05, 0) is 34.1 Å². The molecule has 0 saturated carbocycles. The summed E-state index contributed by atoms with van der Waals surface area (Å²) in [5, 5.41) is 8.01. The van der Waals surface area contributed by atoms with Gasteiger partial charge in [-0.15, -0.1) is 0 Å². The molecule has 1 rings (SSSR count). The molecule has 0 aromatic carbocycles. The van der Waals surface area contributed by atoms with Gasteiger partial charge >= 0.3 is 12.1 Å². The van der Waals surface area contributed by atoms with E-state index < -0.39 is 27.7 Å². The Bertz CT molecular complexity index is 692. The van der Waals surface area contributed by atoms with Crippen molar-refractivity contribution in [2.45, 2.75) is 44.7 Å². The van der Waals surface area contributed by atoms with E-state index in [4.69, 9.17) is 9.47 Å². The molecule has 1 amide bonds. The third-order valence-corrected chi connectivity index (χ3v) is 4.12. The van der Waals surface area contributed by atoms with Crippen LogP contribution >= 0.6 is 0 Å². The molecule has 1 aromatic heterocycles. The predicted octanol–water partition coefficient (Wildman–Crippen LogP) is 0.779. The summed E-state index contributed by atoms with van der Waals surface area (Å²) in [4.78, 5) is 23.2. The number of hydrogen-bond acceptors (Lipinski definition) is 7. The maximum atomic E-state index is 12.2. The number of aromatic nitrogens is 2. The molecule has 0 unspecified atom stereocenters. The maximum Gasteiger partial charge on any atom is 0.407 e. The van der Waals surface area contributed by atoms with Crippen LogP contribution in [0.15, 0.2) is 11.2 Å². The molecule has 0 atom stereocenters. The van der Waals surface area contributed by atoms with Crippen molar-refractivity contribution in [1.29, 1.82) is 0 Å². The SMILES string of the molecule is CCOC(=O)c1cn[nH]c1S(=O)(=O)NCCCNC(=O)OC(C)(C)C. The molecule has 0 spiro atoms. The molecule has 0 aliphatic rings. The highest BCUT2D eigenvalue weighted by Crippen LogP contribution is 2.13. The van der Waals surface area contributed by atoms with Gasteiger partial charge in [-0.25, -0.2) is 22.7 Å². The van der Waals surface area contributed by atoms with Crippen molar-refractivity contribution < 1.29 is 27.5 Å². The summed E-state index contributed by atoms with van der Waals surface area (Å²) in [6, 6.07) is 0. The fraction of sp³-hybridized carbons (Fsp3) is 0.643. The Labute approximate surface area is 146 Å². The van der Waals surface area contributed by atoms with Crippen LogP contribution in [0.5, 0.6) is 0 Å². The maximum absolute atomic E-state index is 12.2. The van der Waals surface area contributed by atoms with E-state index in [1.54, 1.807) is 27.7 Å². The van der Waals surface area contributed by atoms with Crippen LogP contribution in [0.25, 0.3) is 0 Å². The number of nitrogens with one attached hydrogen (secondary N) is 3. The molecule has 0 saturated heterocycles. The number of amides is 1. The standard InChI is InChI=1S/C14H24N4O6S/c1-5-23-12(19)10-9-16-18-11(10)25(21,22)17-8-6-7-15-13(20)24-14(2,3)4/h9,17H,5-8H2,1-4H3,(H,15,20)(H,16,18). The highest BCUT2D eigenvalue weighted by molar-refractivity contribution is 7.89. The van der Waals surface area contributed by atoms with Crippen LogP contribution in [-0.4, -0.2) is 56.0 Å². The summed E-state index contributed by atoms with van der Waals surface area (Å²) in [6.07, 6.45) is 0.853. The zero-order valence-corrected chi connectivity index (χ0v) is 15.5. The molecule has 25 heavy (non-hydrogen) atoms. The predicted molar refractivity (Wildman–Crippen MR) is 88.6 cm³/mol. The third-order valence-electron chi connectivity index (χ3n) is 2.68. The van der Waals surface area contributed by atoms with E-state index in [0.29, 0.717) is 6.42 Å². The Morgan fingerprint density at radius 2 is 1.96 bits per heavy atom. The Morgan fingerprint density at radius 3 is 2.56 bits per heavy atom. The molecular weight excluding hydrogens is 352 g/mol. The number of hydrogen-bond donors (Lipinski definition) is 3. The Balaban J connectivity index is 2.49. The lowest BCUT2D eigenvalue weighted by atomic mass is 10.2. The molecular formula is C14H24N4O6S. The molecule has 0 fully saturated rings. The van der Waals surface area contributed by atoms with Gasteiger partial charge in [0.05, 0.1) is 12.8 Å². The first-order chi connectivity index (χ1) is 11.6. The molecule has 0 radical (unpaired) electrons. The summed E-state index contributed by atoms with van der Waals surface area (Å²) in [5.74, 6) is -0.775. The average Bonchev–Trinajstić information content (AvgIpc) is 2.95. The van der Waals surface area contributed by atoms with Crippen molar-refractivity contribution >= 4 is 22.1 Å². The number of nitrogens with zero attached hydrogens (tertiary/aromatic N) is 1. The molecule has 1 heterocycles. The van der Waals surface area contributed by atoms with Crippen LogP contribution in [0.4, 0.5) is 4.79 Å². The highest BCUT2D eigenvalue weighted by Gasteiger charge is 2.25. The zero-order valence-electron chi connectivity index (χ0n) is 14.7. The number of rotatable bonds is 8. The van der Waals surface area contributed by atoms with Gasteiger partial charge in [0.25, 0.3) is 10.0 Å². The minimum Gasteiger partial charge on any atom is -0.462 e. The lowest BCUT2D eigenvalue weighted by Crippen LogP contribution is -2.34. The highest BCUT2D eigenvalue weighted by atomic mass is 32.2. The van der Waals surface area contributed by atoms with Crippen LogP contribution in [0.1, 0.15) is 44.5 Å². The smallest absolute Gasteiger partial charge is 0.407 e. The molecule has 0 aliphatic carbocycles. The fourth-order valence-corrected chi connectivity index (χ4v) is 2.86. The van der Waals surface area contributed by atoms with Crippen LogP contribution < -0.4 is 10.0 Å². The second kappa shape index (κ2) is 8.81. The van der Waals surface area contributed by atoms with E-state index in [1.165, 1.54) is 0 Å². The first-order valence-electron chi connectivity index (χ1n) is 7.74. The lowest BCUT2D eigenvalue weighted by Gasteiger charge is -2.19. The van der Waals surface area contributed by atoms with Crippen molar-refractivity contribution in [3.63, 3.8) is 0 Å². The van der Waals surface area contributed by atoms with Crippen molar-refractivity contribution in [3.8, 4) is 0 Å². The number of alkyl carbamates (subject to hydrolysis) is 1. The first-order valence-corrected chi connectivity index (χ1v) is 9.22. The summed E-state index contributed by atoms with van der Waals surface area (Å²) in [7, 11) is -3.95. The quantitative estimate of drug-likeness (QED) is 0.450. The third kappa shape index (κ3) is 7.10. The number of sulfonamides is 1. The molecule has 0 aliphatic heterocycles. The zero-order chi connectivity index (χ0) is 19.1. The van der Waals surface area contributed by atoms with Gasteiger partial charge in [0.15, 0.2) is 5.03 Å². The molecule has 0 bridgehead atoms. The van der Waals surface area contributed by atoms with Crippen LogP contribution in [0.2, 0.25) is 0 Å².